The SMILES string of the molecule is CC(C)C[C@H](NC(=O)CNC(=O)[C@@H](NC(=O)[C@H](Cc1ccccc1)NC(=O)[C@H](Cc1c[nH]c2ccccc12)NC(=O)[C@H](CCC(N)=O)NC(=O)[C@@H](NC(=O)[C@@H](N)Cc1ccccc1)C(C)C)C(C)C)C(=O)O. The molecule has 0 radical (unpaired) electrons. The average molecular weight is 995 g/mol. The van der Waals surface area contributed by atoms with Gasteiger partial charge in [0.05, 0.1) is 12.6 Å². The van der Waals surface area contributed by atoms with Crippen LogP contribution in [0.4, 0.5) is 0 Å². The van der Waals surface area contributed by atoms with E-state index in [1.807, 2.05) is 48.5 Å². The van der Waals surface area contributed by atoms with Crippen molar-refractivity contribution in [3.63, 3.8) is 0 Å². The van der Waals surface area contributed by atoms with Gasteiger partial charge in [0.2, 0.25) is 47.3 Å². The maximum Gasteiger partial charge on any atom is 0.326 e. The summed E-state index contributed by atoms with van der Waals surface area (Å²) in [6, 6.07) is 16.3. The van der Waals surface area contributed by atoms with E-state index in [1.165, 1.54) is 0 Å². The molecule has 0 aliphatic heterocycles. The number of fused-ring (bicyclic) bond motifs is 1. The van der Waals surface area contributed by atoms with E-state index < -0.39 is 114 Å². The fourth-order valence-electron chi connectivity index (χ4n) is 7.91. The number of H-pyrrole nitrogens is 1. The van der Waals surface area contributed by atoms with Gasteiger partial charge >= 0.3 is 5.97 Å². The second-order valence-corrected chi connectivity index (χ2v) is 19.0. The van der Waals surface area contributed by atoms with Crippen molar-refractivity contribution in [2.24, 2.45) is 29.2 Å². The Hall–Kier alpha value is -7.61. The van der Waals surface area contributed by atoms with Crippen LogP contribution in [0.25, 0.3) is 10.9 Å². The summed E-state index contributed by atoms with van der Waals surface area (Å²) in [5, 5.41) is 28.7. The van der Waals surface area contributed by atoms with Crippen LogP contribution in [0.2, 0.25) is 0 Å². The topological polar surface area (TPSA) is 326 Å². The summed E-state index contributed by atoms with van der Waals surface area (Å²) in [4.78, 5) is 124. The van der Waals surface area contributed by atoms with Gasteiger partial charge in [0.1, 0.15) is 36.3 Å². The van der Waals surface area contributed by atoms with Crippen molar-refractivity contribution in [1.82, 2.24) is 42.2 Å². The molecule has 72 heavy (non-hydrogen) atoms. The van der Waals surface area contributed by atoms with Crippen LogP contribution in [-0.4, -0.2) is 112 Å². The van der Waals surface area contributed by atoms with Gasteiger partial charge in [-0.3, -0.25) is 38.4 Å². The highest BCUT2D eigenvalue weighted by Crippen LogP contribution is 2.20. The monoisotopic (exact) mass is 995 g/mol. The van der Waals surface area contributed by atoms with Gasteiger partial charge in [0.25, 0.3) is 0 Å². The molecule has 20 heteroatoms. The fourth-order valence-corrected chi connectivity index (χ4v) is 7.91. The van der Waals surface area contributed by atoms with E-state index >= 15 is 0 Å². The highest BCUT2D eigenvalue weighted by molar-refractivity contribution is 5.98. The van der Waals surface area contributed by atoms with Gasteiger partial charge in [-0.15, -0.1) is 0 Å². The number of rotatable bonds is 28. The molecule has 13 N–H and O–H groups in total. The number of nitrogens with one attached hydrogen (secondary N) is 8. The van der Waals surface area contributed by atoms with E-state index in [0.717, 1.165) is 16.5 Å². The Bertz CT molecular complexity index is 2500. The lowest BCUT2D eigenvalue weighted by atomic mass is 9.99. The second kappa shape index (κ2) is 27.7. The van der Waals surface area contributed by atoms with E-state index in [1.54, 1.807) is 84.1 Å². The molecule has 0 bridgehead atoms. The van der Waals surface area contributed by atoms with Crippen molar-refractivity contribution >= 4 is 64.1 Å². The maximum absolute atomic E-state index is 14.7. The summed E-state index contributed by atoms with van der Waals surface area (Å²) in [5.74, 6) is -8.36. The molecule has 20 nitrogen and oxygen atoms in total. The van der Waals surface area contributed by atoms with E-state index in [9.17, 15) is 48.3 Å². The van der Waals surface area contributed by atoms with Gasteiger partial charge in [-0.1, -0.05) is 120 Å². The summed E-state index contributed by atoms with van der Waals surface area (Å²) in [5.41, 5.74) is 14.5. The number of para-hydroxylation sites is 1. The zero-order valence-corrected chi connectivity index (χ0v) is 41.7. The molecule has 4 rings (SSSR count). The number of aromatic amines is 1. The molecule has 8 amide bonds. The average Bonchev–Trinajstić information content (AvgIpc) is 3.74. The largest absolute Gasteiger partial charge is 0.480 e. The van der Waals surface area contributed by atoms with Crippen molar-refractivity contribution in [2.45, 2.75) is 122 Å². The molecule has 0 spiro atoms. The van der Waals surface area contributed by atoms with E-state index in [2.05, 4.69) is 42.2 Å². The summed E-state index contributed by atoms with van der Waals surface area (Å²) >= 11 is 0. The van der Waals surface area contributed by atoms with Gasteiger partial charge in [-0.25, -0.2) is 4.79 Å². The Morgan fingerprint density at radius 1 is 0.556 bits per heavy atom. The molecule has 0 unspecified atom stereocenters. The Morgan fingerprint density at radius 3 is 1.62 bits per heavy atom. The number of carbonyl (C=O) groups is 9. The predicted molar refractivity (Wildman–Crippen MR) is 270 cm³/mol. The third-order valence-corrected chi connectivity index (χ3v) is 11.9. The summed E-state index contributed by atoms with van der Waals surface area (Å²) in [6.07, 6.45) is 1.22. The molecular formula is C52H70N10O10. The molecule has 0 saturated carbocycles. The van der Waals surface area contributed by atoms with E-state index in [0.29, 0.717) is 11.1 Å². The Kier molecular flexibility index (Phi) is 21.9. The van der Waals surface area contributed by atoms with Gasteiger partial charge < -0.3 is 58.8 Å². The smallest absolute Gasteiger partial charge is 0.326 e. The Balaban J connectivity index is 1.61. The molecule has 0 saturated heterocycles. The predicted octanol–water partition coefficient (Wildman–Crippen LogP) is 1.26. The minimum Gasteiger partial charge on any atom is -0.480 e. The highest BCUT2D eigenvalue weighted by atomic mass is 16.4. The maximum atomic E-state index is 14.7. The number of aromatic nitrogens is 1. The molecule has 1 aromatic heterocycles. The molecule has 0 aliphatic rings. The quantitative estimate of drug-likeness (QED) is 0.0385. The molecular weight excluding hydrogens is 925 g/mol. The van der Waals surface area contributed by atoms with Crippen LogP contribution in [0.15, 0.2) is 91.1 Å². The number of aliphatic carboxylic acids is 1. The van der Waals surface area contributed by atoms with Crippen LogP contribution in [0.3, 0.4) is 0 Å². The number of carbonyl (C=O) groups excluding carboxylic acids is 8. The lowest BCUT2D eigenvalue weighted by molar-refractivity contribution is -0.142. The van der Waals surface area contributed by atoms with Crippen LogP contribution in [-0.2, 0) is 62.4 Å². The van der Waals surface area contributed by atoms with Crippen LogP contribution in [0.5, 0.6) is 0 Å². The number of carboxylic acids is 1. The number of amides is 8. The van der Waals surface area contributed by atoms with E-state index in [-0.39, 0.29) is 44.4 Å². The van der Waals surface area contributed by atoms with E-state index in [4.69, 9.17) is 11.5 Å². The fraction of sp³-hybridized carbons (Fsp3) is 0.442. The van der Waals surface area contributed by atoms with Gasteiger partial charge in [-0.05, 0) is 59.8 Å². The van der Waals surface area contributed by atoms with Crippen molar-refractivity contribution < 1.29 is 48.3 Å². The van der Waals surface area contributed by atoms with Gasteiger partial charge in [0, 0.05) is 36.4 Å². The minimum atomic E-state index is -1.44. The Labute approximate surface area is 419 Å². The molecule has 3 aromatic carbocycles. The first kappa shape index (κ1) is 57.0. The third kappa shape index (κ3) is 18.0. The van der Waals surface area contributed by atoms with Crippen molar-refractivity contribution in [2.75, 3.05) is 6.54 Å². The standard InChI is InChI=1S/C52H70N10O10/c1-29(2)23-41(52(71)72)57-43(64)28-56-50(69)44(30(3)4)62-49(68)39(25-33-17-11-8-12-18-33)59-48(67)40(26-34-27-55-37-20-14-13-19-35(34)37)60-47(66)38(21-22-42(54)63)58-51(70)45(31(5)6)61-46(65)36(53)24-32-15-9-7-10-16-32/h7-20,27,29-31,36,38-41,44-45,55H,21-26,28,53H2,1-6H3,(H2,54,63)(H,56,69)(H,57,64)(H,58,70)(H,59,67)(H,60,66)(H,61,65)(H,62,68)(H,71,72)/t36-,38-,39-,40-,41-,44-,45-/m0/s1. The molecule has 1 heterocycles. The van der Waals surface area contributed by atoms with Crippen LogP contribution < -0.4 is 48.7 Å². The zero-order chi connectivity index (χ0) is 53.1. The molecule has 4 aromatic rings. The van der Waals surface area contributed by atoms with Gasteiger partial charge in [0.15, 0.2) is 0 Å². The number of carboxylic acid groups (broad SMARTS) is 1. The first-order valence-electron chi connectivity index (χ1n) is 24.1. The molecule has 0 aliphatic carbocycles. The van der Waals surface area contributed by atoms with Crippen LogP contribution in [0, 0.1) is 17.8 Å². The van der Waals surface area contributed by atoms with Crippen molar-refractivity contribution in [3.8, 4) is 0 Å². The summed E-state index contributed by atoms with van der Waals surface area (Å²) in [7, 11) is 0. The Morgan fingerprint density at radius 2 is 1.06 bits per heavy atom. The molecule has 0 fully saturated rings. The number of hydrogen-bond acceptors (Lipinski definition) is 10. The number of nitrogens with two attached hydrogens (primary N) is 2. The number of primary amides is 1. The van der Waals surface area contributed by atoms with Crippen LogP contribution >= 0.6 is 0 Å². The third-order valence-electron chi connectivity index (χ3n) is 11.9. The summed E-state index contributed by atoms with van der Waals surface area (Å²) < 4.78 is 0. The first-order valence-corrected chi connectivity index (χ1v) is 24.1. The normalized spacial score (nSPS) is 14.2. The van der Waals surface area contributed by atoms with Crippen molar-refractivity contribution in [3.05, 3.63) is 108 Å². The lowest BCUT2D eigenvalue weighted by Crippen LogP contribution is -2.61. The number of benzene rings is 3. The van der Waals surface area contributed by atoms with Crippen molar-refractivity contribution in [1.29, 1.82) is 0 Å². The summed E-state index contributed by atoms with van der Waals surface area (Å²) in [6.45, 7) is 9.75. The lowest BCUT2D eigenvalue weighted by Gasteiger charge is -2.28. The molecule has 7 atom stereocenters. The second-order valence-electron chi connectivity index (χ2n) is 19.0. The highest BCUT2D eigenvalue weighted by Gasteiger charge is 2.35. The van der Waals surface area contributed by atoms with Crippen LogP contribution in [0.1, 0.15) is 77.5 Å². The zero-order valence-electron chi connectivity index (χ0n) is 41.7. The van der Waals surface area contributed by atoms with Gasteiger partial charge in [-0.2, -0.15) is 0 Å². The first-order chi connectivity index (χ1) is 34.1. The number of hydrogen-bond donors (Lipinski definition) is 11. The minimum absolute atomic E-state index is 0.0373. The molecule has 388 valence electrons.